The van der Waals surface area contributed by atoms with Crippen LogP contribution in [0.3, 0.4) is 0 Å². The van der Waals surface area contributed by atoms with Crippen LogP contribution in [0.4, 0.5) is 4.79 Å². The Labute approximate surface area is 170 Å². The van der Waals surface area contributed by atoms with Gasteiger partial charge in [0.05, 0.1) is 6.04 Å². The molecule has 8 heteroatoms. The number of benzene rings is 1. The fraction of sp³-hybridized carbons (Fsp3) is 0.476. The lowest BCUT2D eigenvalue weighted by atomic mass is 10.0. The van der Waals surface area contributed by atoms with E-state index in [0.717, 1.165) is 12.0 Å². The van der Waals surface area contributed by atoms with E-state index in [4.69, 9.17) is 14.9 Å². The first-order valence-corrected chi connectivity index (χ1v) is 9.90. The van der Waals surface area contributed by atoms with Crippen molar-refractivity contribution in [1.29, 1.82) is 0 Å². The molecule has 29 heavy (non-hydrogen) atoms. The van der Waals surface area contributed by atoms with Gasteiger partial charge >= 0.3 is 6.09 Å². The predicted octanol–water partition coefficient (Wildman–Crippen LogP) is 2.82. The first kappa shape index (κ1) is 20.9. The summed E-state index contributed by atoms with van der Waals surface area (Å²) in [7, 11) is 0. The standard InChI is InChI=1S/C21H28N4O4/c1-15(2)12-17(22)19-23-18(14-28-19)20(26)24-8-10-25(11-9-24)21(27)29-13-16-6-4-3-5-7-16/h3-7,14-15,17H,8-13,22H2,1-2H3. The van der Waals surface area contributed by atoms with Gasteiger partial charge in [0, 0.05) is 26.2 Å². The van der Waals surface area contributed by atoms with Crippen LogP contribution in [0.5, 0.6) is 0 Å². The average Bonchev–Trinajstić information content (AvgIpc) is 3.22. The fourth-order valence-corrected chi connectivity index (χ4v) is 3.23. The van der Waals surface area contributed by atoms with Crippen molar-refractivity contribution in [2.75, 3.05) is 26.2 Å². The molecule has 1 fully saturated rings. The summed E-state index contributed by atoms with van der Waals surface area (Å²) in [5, 5.41) is 0. The van der Waals surface area contributed by atoms with E-state index in [2.05, 4.69) is 18.8 Å². The summed E-state index contributed by atoms with van der Waals surface area (Å²) in [5.74, 6) is 0.574. The number of carbonyl (C=O) groups is 2. The minimum atomic E-state index is -0.371. The lowest BCUT2D eigenvalue weighted by Gasteiger charge is -2.33. The summed E-state index contributed by atoms with van der Waals surface area (Å²) in [6, 6.07) is 9.20. The van der Waals surface area contributed by atoms with Crippen LogP contribution in [0.25, 0.3) is 0 Å². The van der Waals surface area contributed by atoms with Crippen molar-refractivity contribution in [3.8, 4) is 0 Å². The van der Waals surface area contributed by atoms with Crippen LogP contribution < -0.4 is 5.73 Å². The van der Waals surface area contributed by atoms with Crippen LogP contribution in [-0.2, 0) is 11.3 Å². The van der Waals surface area contributed by atoms with Crippen molar-refractivity contribution in [2.24, 2.45) is 11.7 Å². The molecule has 1 aliphatic rings. The van der Waals surface area contributed by atoms with Crippen molar-refractivity contribution < 1.29 is 18.7 Å². The second-order valence-corrected chi connectivity index (χ2v) is 7.63. The zero-order valence-electron chi connectivity index (χ0n) is 16.9. The van der Waals surface area contributed by atoms with Crippen LogP contribution in [0.2, 0.25) is 0 Å². The van der Waals surface area contributed by atoms with Gasteiger partial charge in [-0.1, -0.05) is 44.2 Å². The Morgan fingerprint density at radius 2 is 1.79 bits per heavy atom. The zero-order valence-corrected chi connectivity index (χ0v) is 16.9. The number of rotatable bonds is 6. The van der Waals surface area contributed by atoms with Crippen LogP contribution in [0.15, 0.2) is 41.0 Å². The summed E-state index contributed by atoms with van der Waals surface area (Å²) < 4.78 is 10.8. The molecular weight excluding hydrogens is 372 g/mol. The van der Waals surface area contributed by atoms with Gasteiger partial charge in [-0.2, -0.15) is 0 Å². The Kier molecular flexibility index (Phi) is 6.87. The number of nitrogens with zero attached hydrogens (tertiary/aromatic N) is 3. The van der Waals surface area contributed by atoms with Crippen molar-refractivity contribution in [2.45, 2.75) is 32.9 Å². The van der Waals surface area contributed by atoms with Crippen molar-refractivity contribution in [1.82, 2.24) is 14.8 Å². The van der Waals surface area contributed by atoms with Crippen LogP contribution in [0.1, 0.15) is 48.3 Å². The molecule has 2 heterocycles. The summed E-state index contributed by atoms with van der Waals surface area (Å²) in [6.45, 7) is 6.03. The molecule has 0 saturated carbocycles. The molecule has 1 aromatic heterocycles. The molecule has 0 bridgehead atoms. The number of amides is 2. The van der Waals surface area contributed by atoms with E-state index in [1.54, 1.807) is 9.80 Å². The molecule has 1 aliphatic heterocycles. The number of ether oxygens (including phenoxy) is 1. The first-order chi connectivity index (χ1) is 13.9. The maximum Gasteiger partial charge on any atom is 0.410 e. The fourth-order valence-electron chi connectivity index (χ4n) is 3.23. The van der Waals surface area contributed by atoms with E-state index in [1.165, 1.54) is 6.26 Å². The third-order valence-corrected chi connectivity index (χ3v) is 4.81. The lowest BCUT2D eigenvalue weighted by Crippen LogP contribution is -2.50. The van der Waals surface area contributed by atoms with Gasteiger partial charge in [0.2, 0.25) is 5.89 Å². The van der Waals surface area contributed by atoms with Crippen LogP contribution in [-0.4, -0.2) is 53.0 Å². The lowest BCUT2D eigenvalue weighted by molar-refractivity contribution is 0.0539. The van der Waals surface area contributed by atoms with Crippen molar-refractivity contribution in [3.63, 3.8) is 0 Å². The number of aromatic nitrogens is 1. The molecule has 2 amide bonds. The maximum atomic E-state index is 12.7. The highest BCUT2D eigenvalue weighted by atomic mass is 16.6. The number of hydrogen-bond acceptors (Lipinski definition) is 6. The van der Waals surface area contributed by atoms with Crippen molar-refractivity contribution >= 4 is 12.0 Å². The SMILES string of the molecule is CC(C)CC(N)c1nc(C(=O)N2CCN(C(=O)OCc3ccccc3)CC2)co1. The number of nitrogens with two attached hydrogens (primary N) is 1. The highest BCUT2D eigenvalue weighted by Crippen LogP contribution is 2.19. The molecule has 1 aromatic carbocycles. The minimum Gasteiger partial charge on any atom is -0.446 e. The highest BCUT2D eigenvalue weighted by Gasteiger charge is 2.28. The maximum absolute atomic E-state index is 12.7. The van der Waals surface area contributed by atoms with Crippen LogP contribution >= 0.6 is 0 Å². The number of hydrogen-bond donors (Lipinski definition) is 1. The molecule has 0 radical (unpaired) electrons. The molecule has 2 aromatic rings. The number of carbonyl (C=O) groups excluding carboxylic acids is 2. The van der Waals surface area contributed by atoms with Crippen molar-refractivity contribution in [3.05, 3.63) is 53.7 Å². The number of oxazole rings is 1. The molecule has 156 valence electrons. The quantitative estimate of drug-likeness (QED) is 0.800. The van der Waals surface area contributed by atoms with Gasteiger partial charge in [0.1, 0.15) is 12.9 Å². The monoisotopic (exact) mass is 400 g/mol. The van der Waals surface area contributed by atoms with E-state index in [9.17, 15) is 9.59 Å². The van der Waals surface area contributed by atoms with E-state index < -0.39 is 0 Å². The molecule has 1 saturated heterocycles. The van der Waals surface area contributed by atoms with E-state index in [-0.39, 0.29) is 30.3 Å². The number of piperazine rings is 1. The molecule has 0 spiro atoms. The summed E-state index contributed by atoms with van der Waals surface area (Å²) in [4.78, 5) is 32.5. The Morgan fingerprint density at radius 3 is 2.45 bits per heavy atom. The molecular formula is C21H28N4O4. The van der Waals surface area contributed by atoms with E-state index in [1.807, 2.05) is 30.3 Å². The summed E-state index contributed by atoms with van der Waals surface area (Å²) >= 11 is 0. The second-order valence-electron chi connectivity index (χ2n) is 7.63. The van der Waals surface area contributed by atoms with E-state index in [0.29, 0.717) is 38.0 Å². The Bertz CT molecular complexity index is 813. The molecule has 3 rings (SSSR count). The molecule has 1 atom stereocenters. The van der Waals surface area contributed by atoms with Crippen LogP contribution in [0, 0.1) is 5.92 Å². The minimum absolute atomic E-state index is 0.214. The normalized spacial score (nSPS) is 15.4. The smallest absolute Gasteiger partial charge is 0.410 e. The summed E-state index contributed by atoms with van der Waals surface area (Å²) in [6.07, 6.45) is 1.72. The summed E-state index contributed by atoms with van der Waals surface area (Å²) in [5.41, 5.74) is 7.26. The molecule has 8 nitrogen and oxygen atoms in total. The van der Waals surface area contributed by atoms with E-state index >= 15 is 0 Å². The first-order valence-electron chi connectivity index (χ1n) is 9.90. The molecule has 0 aliphatic carbocycles. The van der Waals surface area contributed by atoms with Gasteiger partial charge in [0.25, 0.3) is 5.91 Å². The van der Waals surface area contributed by atoms with Gasteiger partial charge in [-0.3, -0.25) is 4.79 Å². The third kappa shape index (κ3) is 5.57. The predicted molar refractivity (Wildman–Crippen MR) is 107 cm³/mol. The average molecular weight is 400 g/mol. The van der Waals surface area contributed by atoms with Gasteiger partial charge in [-0.15, -0.1) is 0 Å². The van der Waals surface area contributed by atoms with Gasteiger partial charge < -0.3 is 24.7 Å². The van der Waals surface area contributed by atoms with Gasteiger partial charge in [-0.25, -0.2) is 9.78 Å². The molecule has 1 unspecified atom stereocenters. The Morgan fingerprint density at radius 1 is 1.14 bits per heavy atom. The third-order valence-electron chi connectivity index (χ3n) is 4.81. The second kappa shape index (κ2) is 9.56. The molecule has 2 N–H and O–H groups in total. The largest absolute Gasteiger partial charge is 0.446 e. The zero-order chi connectivity index (χ0) is 20.8. The highest BCUT2D eigenvalue weighted by molar-refractivity contribution is 5.92. The Hall–Kier alpha value is -2.87. The topological polar surface area (TPSA) is 102 Å². The van der Waals surface area contributed by atoms with Gasteiger partial charge in [-0.05, 0) is 17.9 Å². The Balaban J connectivity index is 1.48. The van der Waals surface area contributed by atoms with Gasteiger partial charge in [0.15, 0.2) is 5.69 Å².